The van der Waals surface area contributed by atoms with Gasteiger partial charge in [0.05, 0.1) is 0 Å². The summed E-state index contributed by atoms with van der Waals surface area (Å²) in [7, 11) is -8.04. The molecule has 0 unspecified atom stereocenters. The second-order valence-corrected chi connectivity index (χ2v) is 15.7. The molecule has 0 bridgehead atoms. The molecule has 0 atom stereocenters. The van der Waals surface area contributed by atoms with Crippen molar-refractivity contribution in [3.05, 3.63) is 17.2 Å². The molecule has 0 radical (unpaired) electrons. The Bertz CT molecular complexity index is 850. The third-order valence-corrected chi connectivity index (χ3v) is 5.19. The van der Waals surface area contributed by atoms with Crippen molar-refractivity contribution in [2.45, 2.75) is 91.6 Å². The normalized spacial score (nSPS) is 13.6. The molecular weight excluding hydrogens is 441 g/mol. The fraction of sp³-hybridized carbons (Fsp3) is 0.778. The van der Waals surface area contributed by atoms with Gasteiger partial charge < -0.3 is 8.98 Å². The fourth-order valence-electron chi connectivity index (χ4n) is 2.89. The minimum absolute atomic E-state index is 0.181. The standard InChI is InChI=1S/C17H33N2O2Si.CHF3O3S/c1-12-13(2)19(17(6,7)8)14(18(12)16(3,4)5)15(20)21-22(9,10)11;2-1(3,4)8(5,6)7/h1-11H3;(H,5,6,7)/q+1;/p-1. The quantitative estimate of drug-likeness (QED) is 0.280. The Morgan fingerprint density at radius 1 is 1.03 bits per heavy atom. The molecule has 0 aromatic carbocycles. The Morgan fingerprint density at radius 3 is 1.63 bits per heavy atom. The van der Waals surface area contributed by atoms with Crippen LogP contribution in [0.3, 0.4) is 0 Å². The van der Waals surface area contributed by atoms with Crippen LogP contribution in [0.4, 0.5) is 13.2 Å². The van der Waals surface area contributed by atoms with Gasteiger partial charge in [-0.1, -0.05) is 0 Å². The van der Waals surface area contributed by atoms with E-state index < -0.39 is 23.9 Å². The first-order chi connectivity index (χ1) is 12.8. The van der Waals surface area contributed by atoms with Gasteiger partial charge in [-0.3, -0.25) is 0 Å². The molecule has 12 heteroatoms. The number of carbonyl (C=O) groups excluding carboxylic acids is 1. The van der Waals surface area contributed by atoms with Gasteiger partial charge >= 0.3 is 17.3 Å². The van der Waals surface area contributed by atoms with Gasteiger partial charge in [0.2, 0.25) is 8.32 Å². The van der Waals surface area contributed by atoms with Crippen molar-refractivity contribution < 1.29 is 39.9 Å². The molecule has 0 aliphatic heterocycles. The van der Waals surface area contributed by atoms with Crippen LogP contribution in [0, 0.1) is 13.8 Å². The zero-order valence-electron chi connectivity index (χ0n) is 19.5. The molecule has 0 saturated heterocycles. The maximum Gasteiger partial charge on any atom is 0.485 e. The highest BCUT2D eigenvalue weighted by Gasteiger charge is 2.43. The number of hydrogen-bond acceptors (Lipinski definition) is 5. The van der Waals surface area contributed by atoms with Crippen LogP contribution in [0.2, 0.25) is 19.6 Å². The van der Waals surface area contributed by atoms with Crippen LogP contribution < -0.4 is 4.57 Å². The zero-order chi connectivity index (χ0) is 24.7. The molecule has 1 aromatic rings. The number of halogens is 3. The van der Waals surface area contributed by atoms with E-state index >= 15 is 0 Å². The highest BCUT2D eigenvalue weighted by atomic mass is 32.2. The fourth-order valence-corrected chi connectivity index (χ4v) is 3.54. The van der Waals surface area contributed by atoms with E-state index in [9.17, 15) is 18.0 Å². The molecule has 1 aromatic heterocycles. The van der Waals surface area contributed by atoms with Gasteiger partial charge in [0.1, 0.15) is 22.5 Å². The van der Waals surface area contributed by atoms with Gasteiger partial charge in [0, 0.05) is 13.8 Å². The van der Waals surface area contributed by atoms with Crippen molar-refractivity contribution in [3.63, 3.8) is 0 Å². The number of hydrogen-bond donors (Lipinski definition) is 0. The molecule has 1 rings (SSSR count). The van der Waals surface area contributed by atoms with Gasteiger partial charge in [-0.25, -0.2) is 22.3 Å². The van der Waals surface area contributed by atoms with Gasteiger partial charge in [-0.2, -0.15) is 13.2 Å². The molecule has 0 amide bonds. The van der Waals surface area contributed by atoms with E-state index in [4.69, 9.17) is 17.4 Å². The predicted molar refractivity (Wildman–Crippen MR) is 109 cm³/mol. The van der Waals surface area contributed by atoms with E-state index in [2.05, 4.69) is 64.5 Å². The largest absolute Gasteiger partial charge is 0.741 e. The number of aromatic nitrogens is 2. The first-order valence-electron chi connectivity index (χ1n) is 9.23. The Balaban J connectivity index is 0.000000890. The minimum atomic E-state index is -6.09. The summed E-state index contributed by atoms with van der Waals surface area (Å²) in [5.41, 5.74) is -3.78. The van der Waals surface area contributed by atoms with E-state index in [1.807, 2.05) is 19.6 Å². The minimum Gasteiger partial charge on any atom is -0.741 e. The molecule has 0 aliphatic rings. The Kier molecular flexibility index (Phi) is 8.21. The molecule has 30 heavy (non-hydrogen) atoms. The second kappa shape index (κ2) is 8.62. The highest BCUT2D eigenvalue weighted by molar-refractivity contribution is 7.86. The maximum absolute atomic E-state index is 12.9. The summed E-state index contributed by atoms with van der Waals surface area (Å²) in [4.78, 5) is 12.9. The summed E-state index contributed by atoms with van der Waals surface area (Å²) >= 11 is 0. The number of carbonyl (C=O) groups is 1. The lowest BCUT2D eigenvalue weighted by Crippen LogP contribution is -2.56. The van der Waals surface area contributed by atoms with E-state index in [-0.39, 0.29) is 17.0 Å². The molecule has 0 fully saturated rings. The van der Waals surface area contributed by atoms with Crippen molar-refractivity contribution in [3.8, 4) is 0 Å². The summed E-state index contributed by atoms with van der Waals surface area (Å²) in [6, 6.07) is 0. The van der Waals surface area contributed by atoms with Gasteiger partial charge in [-0.05, 0) is 61.2 Å². The lowest BCUT2D eigenvalue weighted by Gasteiger charge is -2.23. The summed E-state index contributed by atoms with van der Waals surface area (Å²) in [5.74, 6) is 0.442. The Morgan fingerprint density at radius 2 is 1.40 bits per heavy atom. The van der Waals surface area contributed by atoms with Gasteiger partial charge in [0.15, 0.2) is 10.1 Å². The molecule has 0 N–H and O–H groups in total. The summed E-state index contributed by atoms with van der Waals surface area (Å²) in [6.07, 6.45) is 0. The lowest BCUT2D eigenvalue weighted by atomic mass is 10.1. The smallest absolute Gasteiger partial charge is 0.485 e. The Hall–Kier alpha value is -1.40. The van der Waals surface area contributed by atoms with Crippen LogP contribution >= 0.6 is 0 Å². The maximum atomic E-state index is 12.9. The van der Waals surface area contributed by atoms with Crippen LogP contribution in [0.25, 0.3) is 0 Å². The number of nitrogens with zero attached hydrogens (tertiary/aromatic N) is 2. The molecule has 0 spiro atoms. The van der Waals surface area contributed by atoms with Crippen LogP contribution in [-0.4, -0.2) is 37.3 Å². The predicted octanol–water partition coefficient (Wildman–Crippen LogP) is 3.95. The van der Waals surface area contributed by atoms with E-state index in [1.165, 1.54) is 0 Å². The zero-order valence-corrected chi connectivity index (χ0v) is 21.3. The van der Waals surface area contributed by atoms with Crippen LogP contribution in [0.1, 0.15) is 63.5 Å². The van der Waals surface area contributed by atoms with E-state index in [0.717, 1.165) is 11.4 Å². The van der Waals surface area contributed by atoms with Crippen LogP contribution in [0.15, 0.2) is 0 Å². The van der Waals surface area contributed by atoms with E-state index in [0.29, 0.717) is 5.82 Å². The number of rotatable bonds is 2. The molecule has 0 aliphatic carbocycles. The first kappa shape index (κ1) is 28.6. The highest BCUT2D eigenvalue weighted by Crippen LogP contribution is 2.25. The van der Waals surface area contributed by atoms with Crippen molar-refractivity contribution >= 4 is 24.4 Å². The van der Waals surface area contributed by atoms with Crippen LogP contribution in [-0.2, 0) is 25.6 Å². The average molecular weight is 475 g/mol. The van der Waals surface area contributed by atoms with Crippen LogP contribution in [0.5, 0.6) is 0 Å². The van der Waals surface area contributed by atoms with Gasteiger partial charge in [-0.15, -0.1) is 0 Å². The first-order valence-corrected chi connectivity index (χ1v) is 14.0. The third-order valence-electron chi connectivity index (χ3n) is 3.82. The molecule has 7 nitrogen and oxygen atoms in total. The van der Waals surface area contributed by atoms with Crippen molar-refractivity contribution in [1.82, 2.24) is 4.57 Å². The number of alkyl halides is 3. The van der Waals surface area contributed by atoms with Crippen molar-refractivity contribution in [1.29, 1.82) is 0 Å². The average Bonchev–Trinajstić information content (AvgIpc) is 2.67. The third kappa shape index (κ3) is 7.38. The monoisotopic (exact) mass is 474 g/mol. The molecule has 1 heterocycles. The van der Waals surface area contributed by atoms with Gasteiger partial charge in [0.25, 0.3) is 0 Å². The van der Waals surface area contributed by atoms with Crippen molar-refractivity contribution in [2.75, 3.05) is 0 Å². The summed E-state index contributed by atoms with van der Waals surface area (Å²) in [5, 5.41) is 0. The Labute approximate surface area is 178 Å². The summed E-state index contributed by atoms with van der Waals surface area (Å²) in [6.45, 7) is 23.0. The topological polar surface area (TPSA) is 92.3 Å². The molecular formula is C18H33F3N2O5SSi. The SMILES string of the molecule is Cc1c(C)[n+](C(C)(C)C)c(C(=O)O[Si](C)(C)C)n1C(C)(C)C.O=S(=O)([O-])C(F)(F)F. The lowest BCUT2D eigenvalue weighted by molar-refractivity contribution is -0.760. The summed E-state index contributed by atoms with van der Waals surface area (Å²) < 4.78 is 69.0. The van der Waals surface area contributed by atoms with Crippen molar-refractivity contribution in [2.24, 2.45) is 0 Å². The number of imidazole rings is 1. The van der Waals surface area contributed by atoms with E-state index in [1.54, 1.807) is 0 Å². The molecule has 0 saturated carbocycles. The second-order valence-electron chi connectivity index (χ2n) is 9.91. The molecule has 176 valence electrons.